The number of alkyl halides is 3. The summed E-state index contributed by atoms with van der Waals surface area (Å²) in [5.74, 6) is 7.25. The van der Waals surface area contributed by atoms with Crippen molar-refractivity contribution < 1.29 is 18.0 Å². The summed E-state index contributed by atoms with van der Waals surface area (Å²) in [5.41, 5.74) is -0.176. The fourth-order valence-corrected chi connectivity index (χ4v) is 5.45. The Morgan fingerprint density at radius 1 is 1.09 bits per heavy atom. The summed E-state index contributed by atoms with van der Waals surface area (Å²) in [4.78, 5) is 16.2. The third-order valence-corrected chi connectivity index (χ3v) is 7.68. The van der Waals surface area contributed by atoms with Gasteiger partial charge < -0.3 is 4.90 Å². The molecule has 0 bridgehead atoms. The summed E-state index contributed by atoms with van der Waals surface area (Å²) in [7, 11) is 0. The van der Waals surface area contributed by atoms with Crippen LogP contribution in [-0.4, -0.2) is 43.4 Å². The van der Waals surface area contributed by atoms with Gasteiger partial charge in [-0.3, -0.25) is 9.69 Å². The molecule has 0 atom stereocenters. The molecule has 192 valence electrons. The number of ketones is 1. The van der Waals surface area contributed by atoms with Crippen LogP contribution in [-0.2, 0) is 11.0 Å². The molecule has 0 radical (unpaired) electrons. The largest absolute Gasteiger partial charge is 0.416 e. The molecule has 1 aliphatic carbocycles. The average Bonchev–Trinajstić information content (AvgIpc) is 2.84. The Bertz CT molecular complexity index is 905. The summed E-state index contributed by atoms with van der Waals surface area (Å²) in [5, 5.41) is 0.369. The van der Waals surface area contributed by atoms with Crippen LogP contribution in [0.3, 0.4) is 0 Å². The molecule has 1 saturated carbocycles. The van der Waals surface area contributed by atoms with Crippen LogP contribution < -0.4 is 4.90 Å². The predicted octanol–water partition coefficient (Wildman–Crippen LogP) is 7.00. The summed E-state index contributed by atoms with van der Waals surface area (Å²) >= 11 is 6.22. The molecule has 35 heavy (non-hydrogen) atoms. The highest BCUT2D eigenvalue weighted by atomic mass is 35.5. The number of hydrogen-bond acceptors (Lipinski definition) is 3. The van der Waals surface area contributed by atoms with E-state index in [9.17, 15) is 18.0 Å². The quantitative estimate of drug-likeness (QED) is 0.336. The monoisotopic (exact) mass is 508 g/mol. The van der Waals surface area contributed by atoms with E-state index in [2.05, 4.69) is 23.3 Å². The minimum atomic E-state index is -4.36. The highest BCUT2D eigenvalue weighted by molar-refractivity contribution is 6.33. The number of piperazine rings is 1. The van der Waals surface area contributed by atoms with Crippen molar-refractivity contribution in [2.24, 2.45) is 11.8 Å². The number of halogens is 4. The molecule has 3 nitrogen and oxygen atoms in total. The molecule has 0 amide bonds. The molecule has 0 unspecified atom stereocenters. The Labute approximate surface area is 212 Å². The van der Waals surface area contributed by atoms with Gasteiger partial charge in [-0.05, 0) is 55.5 Å². The lowest BCUT2D eigenvalue weighted by atomic mass is 9.78. The van der Waals surface area contributed by atoms with Crippen LogP contribution in [0, 0.1) is 23.7 Å². The minimum absolute atomic E-state index is 0.225. The van der Waals surface area contributed by atoms with Gasteiger partial charge in [-0.2, -0.15) is 13.2 Å². The van der Waals surface area contributed by atoms with Gasteiger partial charge in [0.15, 0.2) is 0 Å². The van der Waals surface area contributed by atoms with Gasteiger partial charge in [0.1, 0.15) is 5.78 Å². The second-order valence-electron chi connectivity index (χ2n) is 9.80. The van der Waals surface area contributed by atoms with E-state index in [0.29, 0.717) is 36.6 Å². The van der Waals surface area contributed by atoms with Crippen LogP contribution in [0.25, 0.3) is 0 Å². The Balaban J connectivity index is 1.32. The summed E-state index contributed by atoms with van der Waals surface area (Å²) < 4.78 is 39.3. The topological polar surface area (TPSA) is 23.6 Å². The molecule has 1 aromatic rings. The third-order valence-electron chi connectivity index (χ3n) is 7.36. The average molecular weight is 509 g/mol. The van der Waals surface area contributed by atoms with E-state index in [1.54, 1.807) is 0 Å². The minimum Gasteiger partial charge on any atom is -0.368 e. The van der Waals surface area contributed by atoms with Crippen molar-refractivity contribution in [3.8, 4) is 11.8 Å². The first-order valence-corrected chi connectivity index (χ1v) is 13.1. The van der Waals surface area contributed by atoms with E-state index in [1.165, 1.54) is 50.3 Å². The molecule has 2 aliphatic rings. The van der Waals surface area contributed by atoms with Crippen LogP contribution in [0.4, 0.5) is 18.9 Å². The number of hydrogen-bond donors (Lipinski definition) is 0. The van der Waals surface area contributed by atoms with E-state index in [-0.39, 0.29) is 5.78 Å². The van der Waals surface area contributed by atoms with Crippen LogP contribution >= 0.6 is 11.6 Å². The molecule has 3 rings (SSSR count). The number of allylic oxidation sites excluding steroid dienone is 1. The van der Waals surface area contributed by atoms with E-state index in [1.807, 2.05) is 4.90 Å². The molecule has 7 heteroatoms. The van der Waals surface area contributed by atoms with Crippen LogP contribution in [0.1, 0.15) is 63.4 Å². The van der Waals surface area contributed by atoms with Crippen LogP contribution in [0.15, 0.2) is 30.9 Å². The standard InChI is InChI=1S/C28H36ClF3N2O/c1-2-3-4-7-25(35)8-5-6-22-9-11-23(12-10-22)15-16-33-17-19-34(20-18-33)27-21-24(28(30,31)32)13-14-26(27)29/h2,13-14,21-23H,1,5-12,15-20H2. The summed E-state index contributed by atoms with van der Waals surface area (Å²) in [6.45, 7) is 7.62. The fraction of sp³-hybridized carbons (Fsp3) is 0.607. The number of carbonyl (C=O) groups excluding carboxylic acids is 1. The number of anilines is 1. The first-order chi connectivity index (χ1) is 16.8. The first-order valence-electron chi connectivity index (χ1n) is 12.7. The van der Waals surface area contributed by atoms with E-state index < -0.39 is 11.7 Å². The Hall–Kier alpha value is -1.97. The van der Waals surface area contributed by atoms with Gasteiger partial charge in [-0.15, -0.1) is 0 Å². The number of rotatable bonds is 9. The number of carbonyl (C=O) groups is 1. The van der Waals surface area contributed by atoms with E-state index in [0.717, 1.165) is 50.4 Å². The maximum absolute atomic E-state index is 13.1. The van der Waals surface area contributed by atoms with Crippen molar-refractivity contribution in [2.75, 3.05) is 37.6 Å². The molecule has 1 saturated heterocycles. The smallest absolute Gasteiger partial charge is 0.368 e. The van der Waals surface area contributed by atoms with Gasteiger partial charge in [-0.25, -0.2) is 0 Å². The lowest BCUT2D eigenvalue weighted by Crippen LogP contribution is -2.47. The van der Waals surface area contributed by atoms with Crippen molar-refractivity contribution in [2.45, 2.75) is 64.0 Å². The number of benzene rings is 1. The molecular formula is C28H36ClF3N2O. The molecule has 0 spiro atoms. The van der Waals surface area contributed by atoms with Gasteiger partial charge in [0, 0.05) is 32.6 Å². The van der Waals surface area contributed by atoms with Gasteiger partial charge in [0.2, 0.25) is 0 Å². The second kappa shape index (κ2) is 13.4. The van der Waals surface area contributed by atoms with Crippen LogP contribution in [0.5, 0.6) is 0 Å². The van der Waals surface area contributed by atoms with Crippen molar-refractivity contribution in [3.05, 3.63) is 41.4 Å². The number of nitrogens with zero attached hydrogens (tertiary/aromatic N) is 2. The van der Waals surface area contributed by atoms with Crippen molar-refractivity contribution >= 4 is 23.1 Å². The van der Waals surface area contributed by atoms with Gasteiger partial charge in [-0.1, -0.05) is 62.1 Å². The van der Waals surface area contributed by atoms with Gasteiger partial charge in [0.25, 0.3) is 0 Å². The second-order valence-corrected chi connectivity index (χ2v) is 10.2. The zero-order valence-electron chi connectivity index (χ0n) is 20.4. The van der Waals surface area contributed by atoms with E-state index >= 15 is 0 Å². The van der Waals surface area contributed by atoms with Gasteiger partial charge >= 0.3 is 6.18 Å². The van der Waals surface area contributed by atoms with E-state index in [4.69, 9.17) is 11.6 Å². The zero-order valence-corrected chi connectivity index (χ0v) is 21.1. The predicted molar refractivity (Wildman–Crippen MR) is 137 cm³/mol. The molecule has 2 fully saturated rings. The fourth-order valence-electron chi connectivity index (χ4n) is 5.22. The normalized spacial score (nSPS) is 21.3. The van der Waals surface area contributed by atoms with Crippen molar-refractivity contribution in [1.82, 2.24) is 4.90 Å². The highest BCUT2D eigenvalue weighted by Gasteiger charge is 2.32. The zero-order chi connectivity index (χ0) is 25.3. The Kier molecular flexibility index (Phi) is 10.5. The maximum atomic E-state index is 13.1. The molecule has 1 aliphatic heterocycles. The maximum Gasteiger partial charge on any atom is 0.416 e. The Morgan fingerprint density at radius 3 is 2.37 bits per heavy atom. The lowest BCUT2D eigenvalue weighted by Gasteiger charge is -2.37. The Morgan fingerprint density at radius 2 is 1.74 bits per heavy atom. The van der Waals surface area contributed by atoms with Crippen molar-refractivity contribution in [1.29, 1.82) is 0 Å². The first kappa shape index (κ1) is 27.6. The molecule has 0 aromatic heterocycles. The molecular weight excluding hydrogens is 473 g/mol. The molecule has 1 heterocycles. The van der Waals surface area contributed by atoms with Crippen LogP contribution in [0.2, 0.25) is 5.02 Å². The molecule has 0 N–H and O–H groups in total. The lowest BCUT2D eigenvalue weighted by molar-refractivity contribution is -0.137. The van der Waals surface area contributed by atoms with Gasteiger partial charge in [0.05, 0.1) is 22.7 Å². The SMILES string of the molecule is C=CC#CCC(=O)CCCC1CCC(CCN2CCN(c3cc(C(F)(F)F)ccc3Cl)CC2)CC1. The third kappa shape index (κ3) is 8.88. The number of Topliss-reactive ketones (excluding diaryl/α,β-unsaturated/α-hetero) is 1. The summed E-state index contributed by atoms with van der Waals surface area (Å²) in [6, 6.07) is 3.56. The molecule has 1 aromatic carbocycles. The highest BCUT2D eigenvalue weighted by Crippen LogP contribution is 2.36. The summed E-state index contributed by atoms with van der Waals surface area (Å²) in [6.07, 6.45) is 6.39. The van der Waals surface area contributed by atoms with Crippen molar-refractivity contribution in [3.63, 3.8) is 0 Å².